The van der Waals surface area contributed by atoms with Crippen LogP contribution < -0.4 is 5.32 Å². The summed E-state index contributed by atoms with van der Waals surface area (Å²) in [5, 5.41) is 4.60. The monoisotopic (exact) mass is 245 g/mol. The molecule has 0 fully saturated rings. The molecule has 0 saturated heterocycles. The van der Waals surface area contributed by atoms with Crippen LogP contribution in [0.5, 0.6) is 0 Å². The number of nitrogens with zero attached hydrogens (tertiary/aromatic N) is 2. The summed E-state index contributed by atoms with van der Waals surface area (Å²) in [6.45, 7) is 3.15. The minimum atomic E-state index is 0.930. The van der Waals surface area contributed by atoms with Crippen LogP contribution in [0.4, 0.5) is 0 Å². The van der Waals surface area contributed by atoms with Gasteiger partial charge in [-0.2, -0.15) is 0 Å². The maximum absolute atomic E-state index is 3.23. The van der Waals surface area contributed by atoms with Gasteiger partial charge < -0.3 is 14.8 Å². The van der Waals surface area contributed by atoms with Crippen LogP contribution >= 0.6 is 0 Å². The third-order valence-electron chi connectivity index (χ3n) is 3.28. The summed E-state index contributed by atoms with van der Waals surface area (Å²) in [4.78, 5) is 2.23. The number of nitrogens with one attached hydrogen (secondary N) is 1. The van der Waals surface area contributed by atoms with Crippen LogP contribution in [0.15, 0.2) is 30.5 Å². The molecule has 98 valence electrons. The highest BCUT2D eigenvalue weighted by atomic mass is 15.1. The molecule has 0 atom stereocenters. The first-order valence-corrected chi connectivity index (χ1v) is 6.58. The SMILES string of the molecule is CNCc1cccc2c1ccn2CCCN(C)C. The quantitative estimate of drug-likeness (QED) is 0.843. The van der Waals surface area contributed by atoms with Gasteiger partial charge in [0.25, 0.3) is 0 Å². The fraction of sp³-hybridized carbons (Fsp3) is 0.467. The van der Waals surface area contributed by atoms with Crippen molar-refractivity contribution in [1.29, 1.82) is 0 Å². The summed E-state index contributed by atoms with van der Waals surface area (Å²) in [6.07, 6.45) is 3.40. The molecule has 2 aromatic rings. The second-order valence-electron chi connectivity index (χ2n) is 5.05. The van der Waals surface area contributed by atoms with Gasteiger partial charge in [0.15, 0.2) is 0 Å². The summed E-state index contributed by atoms with van der Waals surface area (Å²) in [5.74, 6) is 0. The van der Waals surface area contributed by atoms with Gasteiger partial charge in [-0.15, -0.1) is 0 Å². The summed E-state index contributed by atoms with van der Waals surface area (Å²) < 4.78 is 2.36. The third kappa shape index (κ3) is 2.92. The lowest BCUT2D eigenvalue weighted by Gasteiger charge is -2.11. The predicted molar refractivity (Wildman–Crippen MR) is 77.9 cm³/mol. The summed E-state index contributed by atoms with van der Waals surface area (Å²) in [6, 6.07) is 8.79. The van der Waals surface area contributed by atoms with Gasteiger partial charge in [0.2, 0.25) is 0 Å². The molecule has 0 saturated carbocycles. The lowest BCUT2D eigenvalue weighted by atomic mass is 10.1. The molecule has 1 aromatic carbocycles. The van der Waals surface area contributed by atoms with Gasteiger partial charge in [0.1, 0.15) is 0 Å². The van der Waals surface area contributed by atoms with Crippen molar-refractivity contribution < 1.29 is 0 Å². The lowest BCUT2D eigenvalue weighted by Crippen LogP contribution is -2.14. The lowest BCUT2D eigenvalue weighted by molar-refractivity contribution is 0.388. The summed E-state index contributed by atoms with van der Waals surface area (Å²) in [7, 11) is 6.24. The van der Waals surface area contributed by atoms with Gasteiger partial charge in [-0.25, -0.2) is 0 Å². The molecule has 18 heavy (non-hydrogen) atoms. The van der Waals surface area contributed by atoms with E-state index in [1.54, 1.807) is 0 Å². The Kier molecular flexibility index (Phi) is 4.39. The average Bonchev–Trinajstić information content (AvgIpc) is 2.74. The molecule has 0 aliphatic heterocycles. The second-order valence-corrected chi connectivity index (χ2v) is 5.05. The molecule has 0 aliphatic rings. The average molecular weight is 245 g/mol. The molecule has 1 aromatic heterocycles. The molecule has 3 heteroatoms. The van der Waals surface area contributed by atoms with Crippen LogP contribution in [-0.4, -0.2) is 37.2 Å². The Morgan fingerprint density at radius 2 is 2.06 bits per heavy atom. The molecule has 0 aliphatic carbocycles. The zero-order valence-corrected chi connectivity index (χ0v) is 11.6. The fourth-order valence-corrected chi connectivity index (χ4v) is 2.38. The maximum Gasteiger partial charge on any atom is 0.0483 e. The van der Waals surface area contributed by atoms with E-state index >= 15 is 0 Å². The van der Waals surface area contributed by atoms with Crippen molar-refractivity contribution in [2.24, 2.45) is 0 Å². The minimum Gasteiger partial charge on any atom is -0.347 e. The van der Waals surface area contributed by atoms with E-state index in [0.717, 1.165) is 19.6 Å². The Bertz CT molecular complexity index is 499. The van der Waals surface area contributed by atoms with Crippen LogP contribution in [0, 0.1) is 0 Å². The van der Waals surface area contributed by atoms with E-state index in [-0.39, 0.29) is 0 Å². The fourth-order valence-electron chi connectivity index (χ4n) is 2.38. The normalized spacial score (nSPS) is 11.6. The third-order valence-corrected chi connectivity index (χ3v) is 3.28. The zero-order chi connectivity index (χ0) is 13.0. The van der Waals surface area contributed by atoms with E-state index in [1.165, 1.54) is 22.9 Å². The van der Waals surface area contributed by atoms with Gasteiger partial charge in [-0.3, -0.25) is 0 Å². The highest BCUT2D eigenvalue weighted by Crippen LogP contribution is 2.20. The second kappa shape index (κ2) is 6.03. The number of hydrogen-bond acceptors (Lipinski definition) is 2. The van der Waals surface area contributed by atoms with Gasteiger partial charge in [0.05, 0.1) is 0 Å². The smallest absolute Gasteiger partial charge is 0.0483 e. The van der Waals surface area contributed by atoms with Gasteiger partial charge in [-0.05, 0) is 51.8 Å². The molecular weight excluding hydrogens is 222 g/mol. The van der Waals surface area contributed by atoms with E-state index in [9.17, 15) is 0 Å². The number of hydrogen-bond donors (Lipinski definition) is 1. The van der Waals surface area contributed by atoms with E-state index in [2.05, 4.69) is 59.3 Å². The first kappa shape index (κ1) is 13.1. The first-order valence-electron chi connectivity index (χ1n) is 6.58. The minimum absolute atomic E-state index is 0.930. The Morgan fingerprint density at radius 1 is 1.22 bits per heavy atom. The number of rotatable bonds is 6. The Morgan fingerprint density at radius 3 is 2.78 bits per heavy atom. The highest BCUT2D eigenvalue weighted by molar-refractivity contribution is 5.83. The molecular formula is C15H23N3. The number of aromatic nitrogens is 1. The molecule has 0 bridgehead atoms. The molecule has 2 rings (SSSR count). The molecule has 0 unspecified atom stereocenters. The van der Waals surface area contributed by atoms with Crippen molar-refractivity contribution in [3.05, 3.63) is 36.0 Å². The van der Waals surface area contributed by atoms with E-state index in [1.807, 2.05) is 7.05 Å². The van der Waals surface area contributed by atoms with Gasteiger partial charge in [0, 0.05) is 30.2 Å². The summed E-state index contributed by atoms with van der Waals surface area (Å²) in [5.41, 5.74) is 2.72. The standard InChI is InChI=1S/C15H23N3/c1-16-12-13-6-4-7-15-14(13)8-11-18(15)10-5-9-17(2)3/h4,6-8,11,16H,5,9-10,12H2,1-3H3. The largest absolute Gasteiger partial charge is 0.347 e. The molecule has 0 radical (unpaired) electrons. The zero-order valence-electron chi connectivity index (χ0n) is 11.6. The van der Waals surface area contributed by atoms with Gasteiger partial charge >= 0.3 is 0 Å². The van der Waals surface area contributed by atoms with Crippen LogP contribution in [-0.2, 0) is 13.1 Å². The number of benzene rings is 1. The van der Waals surface area contributed by atoms with Crippen LogP contribution in [0.1, 0.15) is 12.0 Å². The van der Waals surface area contributed by atoms with E-state index in [4.69, 9.17) is 0 Å². The van der Waals surface area contributed by atoms with Gasteiger partial charge in [-0.1, -0.05) is 12.1 Å². The van der Waals surface area contributed by atoms with E-state index < -0.39 is 0 Å². The summed E-state index contributed by atoms with van der Waals surface area (Å²) >= 11 is 0. The van der Waals surface area contributed by atoms with Crippen LogP contribution in [0.2, 0.25) is 0 Å². The Hall–Kier alpha value is -1.32. The molecule has 0 spiro atoms. The Labute approximate surface area is 109 Å². The molecule has 3 nitrogen and oxygen atoms in total. The predicted octanol–water partition coefficient (Wildman–Crippen LogP) is 2.31. The Balaban J connectivity index is 2.17. The van der Waals surface area contributed by atoms with Crippen LogP contribution in [0.3, 0.4) is 0 Å². The van der Waals surface area contributed by atoms with Crippen molar-refractivity contribution in [3.63, 3.8) is 0 Å². The molecule has 1 heterocycles. The van der Waals surface area contributed by atoms with Crippen molar-refractivity contribution in [3.8, 4) is 0 Å². The first-order chi connectivity index (χ1) is 8.72. The van der Waals surface area contributed by atoms with Crippen molar-refractivity contribution in [1.82, 2.24) is 14.8 Å². The topological polar surface area (TPSA) is 20.2 Å². The van der Waals surface area contributed by atoms with E-state index in [0.29, 0.717) is 0 Å². The van der Waals surface area contributed by atoms with Crippen molar-refractivity contribution in [2.75, 3.05) is 27.7 Å². The highest BCUT2D eigenvalue weighted by Gasteiger charge is 2.04. The van der Waals surface area contributed by atoms with Crippen molar-refractivity contribution in [2.45, 2.75) is 19.5 Å². The molecule has 1 N–H and O–H groups in total. The maximum atomic E-state index is 3.23. The molecule has 0 amide bonds. The number of fused-ring (bicyclic) bond motifs is 1. The number of aryl methyl sites for hydroxylation is 1. The van der Waals surface area contributed by atoms with Crippen molar-refractivity contribution >= 4 is 10.9 Å². The van der Waals surface area contributed by atoms with Crippen LogP contribution in [0.25, 0.3) is 10.9 Å².